The second-order valence-electron chi connectivity index (χ2n) is 7.73. The summed E-state index contributed by atoms with van der Waals surface area (Å²) in [6.45, 7) is 2.34. The molecule has 1 fully saturated rings. The number of hydrogen-bond acceptors (Lipinski definition) is 5. The van der Waals surface area contributed by atoms with Gasteiger partial charge in [-0.3, -0.25) is 4.79 Å². The largest absolute Gasteiger partial charge is 0.508 e. The Morgan fingerprint density at radius 2 is 1.73 bits per heavy atom. The quantitative estimate of drug-likeness (QED) is 0.763. The summed E-state index contributed by atoms with van der Waals surface area (Å²) in [7, 11) is -3.44. The zero-order valence-corrected chi connectivity index (χ0v) is 18.4. The zero-order chi connectivity index (χ0) is 21.1. The van der Waals surface area contributed by atoms with Crippen molar-refractivity contribution in [1.29, 1.82) is 0 Å². The number of hydrogen-bond donors (Lipinski definition) is 1. The second kappa shape index (κ2) is 8.91. The number of amides is 1. The number of phenols is 1. The van der Waals surface area contributed by atoms with Crippen molar-refractivity contribution in [1.82, 2.24) is 9.21 Å². The van der Waals surface area contributed by atoms with E-state index in [9.17, 15) is 18.3 Å². The summed E-state index contributed by atoms with van der Waals surface area (Å²) in [5.41, 5.74) is 2.23. The van der Waals surface area contributed by atoms with E-state index in [2.05, 4.69) is 6.08 Å². The van der Waals surface area contributed by atoms with E-state index in [0.29, 0.717) is 30.4 Å². The summed E-state index contributed by atoms with van der Waals surface area (Å²) in [6.07, 6.45) is 5.93. The third kappa shape index (κ3) is 4.61. The molecule has 6 nitrogen and oxygen atoms in total. The van der Waals surface area contributed by atoms with Gasteiger partial charge in [-0.2, -0.15) is 4.31 Å². The maximum absolute atomic E-state index is 12.8. The van der Waals surface area contributed by atoms with Crippen LogP contribution in [0.5, 0.6) is 5.75 Å². The molecule has 1 N–H and O–H groups in total. The number of rotatable bonds is 5. The number of carbonyl (C=O) groups excluding carboxylic acids is 1. The molecule has 2 aliphatic heterocycles. The molecule has 3 heterocycles. The van der Waals surface area contributed by atoms with E-state index in [0.717, 1.165) is 36.1 Å². The standard InChI is InChI=1S/C22H26N2O4S2/c25-19-6-4-17(5-7-19)18-10-14-23(15-11-18)21(26)16-20-8-9-22(29-20)30(27,28)24-12-2-1-3-13-24/h4-10,25H,1-3,11-16H2. The lowest BCUT2D eigenvalue weighted by atomic mass is 9.99. The number of carbonyl (C=O) groups is 1. The van der Waals surface area contributed by atoms with Gasteiger partial charge in [-0.05, 0) is 54.7 Å². The molecule has 160 valence electrons. The smallest absolute Gasteiger partial charge is 0.252 e. The van der Waals surface area contributed by atoms with Gasteiger partial charge in [0.1, 0.15) is 9.96 Å². The molecule has 0 bridgehead atoms. The first-order chi connectivity index (χ1) is 14.4. The average Bonchev–Trinajstić information content (AvgIpc) is 3.24. The number of piperidine rings is 1. The zero-order valence-electron chi connectivity index (χ0n) is 16.8. The predicted octanol–water partition coefficient (Wildman–Crippen LogP) is 3.49. The summed E-state index contributed by atoms with van der Waals surface area (Å²) in [4.78, 5) is 15.3. The Morgan fingerprint density at radius 3 is 2.40 bits per heavy atom. The highest BCUT2D eigenvalue weighted by Crippen LogP contribution is 2.28. The monoisotopic (exact) mass is 446 g/mol. The van der Waals surface area contributed by atoms with Gasteiger partial charge >= 0.3 is 0 Å². The van der Waals surface area contributed by atoms with Crippen molar-refractivity contribution in [2.45, 2.75) is 36.3 Å². The van der Waals surface area contributed by atoms with Crippen molar-refractivity contribution in [2.75, 3.05) is 26.2 Å². The summed E-state index contributed by atoms with van der Waals surface area (Å²) in [6, 6.07) is 10.5. The topological polar surface area (TPSA) is 77.9 Å². The van der Waals surface area contributed by atoms with Gasteiger partial charge in [0, 0.05) is 31.1 Å². The van der Waals surface area contributed by atoms with E-state index >= 15 is 0 Å². The van der Waals surface area contributed by atoms with Crippen molar-refractivity contribution in [3.8, 4) is 5.75 Å². The van der Waals surface area contributed by atoms with E-state index in [1.54, 1.807) is 28.6 Å². The van der Waals surface area contributed by atoms with Crippen LogP contribution in [0.4, 0.5) is 0 Å². The Bertz CT molecular complexity index is 1040. The number of benzene rings is 1. The Labute approximate surface area is 181 Å². The third-order valence-electron chi connectivity index (χ3n) is 5.67. The van der Waals surface area contributed by atoms with Crippen molar-refractivity contribution in [3.63, 3.8) is 0 Å². The molecule has 30 heavy (non-hydrogen) atoms. The lowest BCUT2D eigenvalue weighted by Gasteiger charge is -2.26. The summed E-state index contributed by atoms with van der Waals surface area (Å²) in [5, 5.41) is 9.42. The van der Waals surface area contributed by atoms with Crippen LogP contribution in [-0.4, -0.2) is 54.8 Å². The molecule has 2 aliphatic rings. The highest BCUT2D eigenvalue weighted by molar-refractivity contribution is 7.91. The normalized spacial score (nSPS) is 18.3. The number of thiophene rings is 1. The Morgan fingerprint density at radius 1 is 1.00 bits per heavy atom. The van der Waals surface area contributed by atoms with Crippen LogP contribution in [0.25, 0.3) is 5.57 Å². The van der Waals surface area contributed by atoms with Gasteiger partial charge in [0.05, 0.1) is 6.42 Å². The Kier molecular flexibility index (Phi) is 6.26. The van der Waals surface area contributed by atoms with Crippen molar-refractivity contribution < 1.29 is 18.3 Å². The van der Waals surface area contributed by atoms with Gasteiger partial charge in [0.2, 0.25) is 5.91 Å². The number of aromatic hydroxyl groups is 1. The van der Waals surface area contributed by atoms with Crippen LogP contribution in [-0.2, 0) is 21.2 Å². The minimum atomic E-state index is -3.44. The van der Waals surface area contributed by atoms with Crippen molar-refractivity contribution in [3.05, 3.63) is 52.9 Å². The highest BCUT2D eigenvalue weighted by atomic mass is 32.2. The molecule has 0 spiro atoms. The summed E-state index contributed by atoms with van der Waals surface area (Å²) in [5.74, 6) is 0.254. The van der Waals surface area contributed by atoms with Crippen LogP contribution in [0, 0.1) is 0 Å². The molecule has 1 amide bonds. The van der Waals surface area contributed by atoms with Crippen LogP contribution in [0.2, 0.25) is 0 Å². The van der Waals surface area contributed by atoms with E-state index in [1.165, 1.54) is 16.9 Å². The molecule has 0 radical (unpaired) electrons. The minimum Gasteiger partial charge on any atom is -0.508 e. The van der Waals surface area contributed by atoms with Gasteiger partial charge in [-0.25, -0.2) is 8.42 Å². The molecular formula is C22H26N2O4S2. The second-order valence-corrected chi connectivity index (χ2v) is 11.1. The molecule has 1 saturated heterocycles. The molecule has 2 aromatic rings. The molecule has 1 aromatic heterocycles. The Balaban J connectivity index is 1.37. The predicted molar refractivity (Wildman–Crippen MR) is 118 cm³/mol. The molecule has 0 unspecified atom stereocenters. The van der Waals surface area contributed by atoms with Crippen LogP contribution in [0.3, 0.4) is 0 Å². The first kappa shape index (κ1) is 21.1. The molecule has 1 aromatic carbocycles. The highest BCUT2D eigenvalue weighted by Gasteiger charge is 2.28. The van der Waals surface area contributed by atoms with Gasteiger partial charge in [-0.15, -0.1) is 11.3 Å². The fraction of sp³-hybridized carbons (Fsp3) is 0.409. The first-order valence-electron chi connectivity index (χ1n) is 10.3. The third-order valence-corrected chi connectivity index (χ3v) is 9.12. The maximum Gasteiger partial charge on any atom is 0.252 e. The van der Waals surface area contributed by atoms with E-state index < -0.39 is 10.0 Å². The molecule has 0 aliphatic carbocycles. The lowest BCUT2D eigenvalue weighted by molar-refractivity contribution is -0.130. The molecule has 0 atom stereocenters. The van der Waals surface area contributed by atoms with Crippen LogP contribution >= 0.6 is 11.3 Å². The number of phenolic OH excluding ortho intramolecular Hbond substituents is 1. The van der Waals surface area contributed by atoms with Crippen LogP contribution < -0.4 is 0 Å². The van der Waals surface area contributed by atoms with E-state index in [-0.39, 0.29) is 18.1 Å². The summed E-state index contributed by atoms with van der Waals surface area (Å²) >= 11 is 1.21. The van der Waals surface area contributed by atoms with Crippen LogP contribution in [0.15, 0.2) is 46.7 Å². The number of sulfonamides is 1. The summed E-state index contributed by atoms with van der Waals surface area (Å²) < 4.78 is 27.5. The van der Waals surface area contributed by atoms with Crippen LogP contribution in [0.1, 0.15) is 36.1 Å². The minimum absolute atomic E-state index is 0.0137. The molecule has 4 rings (SSSR count). The Hall–Kier alpha value is -2.16. The lowest BCUT2D eigenvalue weighted by Crippen LogP contribution is -2.35. The van der Waals surface area contributed by atoms with Gasteiger partial charge in [-0.1, -0.05) is 24.6 Å². The van der Waals surface area contributed by atoms with Gasteiger partial charge < -0.3 is 10.0 Å². The number of nitrogens with zero attached hydrogens (tertiary/aromatic N) is 2. The average molecular weight is 447 g/mol. The van der Waals surface area contributed by atoms with Gasteiger partial charge in [0.25, 0.3) is 10.0 Å². The van der Waals surface area contributed by atoms with Crippen molar-refractivity contribution >= 4 is 32.8 Å². The fourth-order valence-corrected chi connectivity index (χ4v) is 6.94. The van der Waals surface area contributed by atoms with Crippen molar-refractivity contribution in [2.24, 2.45) is 0 Å². The maximum atomic E-state index is 12.8. The fourth-order valence-electron chi connectivity index (χ4n) is 3.92. The van der Waals surface area contributed by atoms with E-state index in [4.69, 9.17) is 0 Å². The van der Waals surface area contributed by atoms with Gasteiger partial charge in [0.15, 0.2) is 0 Å². The first-order valence-corrected chi connectivity index (χ1v) is 12.5. The van der Waals surface area contributed by atoms with E-state index in [1.807, 2.05) is 17.0 Å². The molecule has 8 heteroatoms. The molecule has 0 saturated carbocycles. The molecular weight excluding hydrogens is 420 g/mol. The SMILES string of the molecule is O=C(Cc1ccc(S(=O)(=O)N2CCCCC2)s1)N1CC=C(c2ccc(O)cc2)CC1.